The minimum Gasteiger partial charge on any atom is -0.370 e. The number of nitrogens with zero attached hydrogens (tertiary/aromatic N) is 1. The van der Waals surface area contributed by atoms with Crippen molar-refractivity contribution in [3.63, 3.8) is 0 Å². The third-order valence-electron chi connectivity index (χ3n) is 5.61. The summed E-state index contributed by atoms with van der Waals surface area (Å²) in [6, 6.07) is 3.76. The molecule has 3 rings (SSSR count). The van der Waals surface area contributed by atoms with Gasteiger partial charge in [-0.3, -0.25) is 4.79 Å². The van der Waals surface area contributed by atoms with Crippen LogP contribution in [0, 0.1) is 17.0 Å². The second kappa shape index (κ2) is 7.79. The van der Waals surface area contributed by atoms with Gasteiger partial charge in [-0.05, 0) is 42.5 Å². The molecule has 1 saturated carbocycles. The second-order valence-corrected chi connectivity index (χ2v) is 7.31. The van der Waals surface area contributed by atoms with Crippen LogP contribution >= 0.6 is 0 Å². The number of benzene rings is 1. The highest BCUT2D eigenvalue weighted by Gasteiger charge is 2.35. The van der Waals surface area contributed by atoms with Crippen LogP contribution in [0.1, 0.15) is 50.2 Å². The Kier molecular flexibility index (Phi) is 5.69. The van der Waals surface area contributed by atoms with Gasteiger partial charge < -0.3 is 15.4 Å². The molecule has 6 heteroatoms. The average Bonchev–Trinajstić information content (AvgIpc) is 2.65. The molecule has 1 amide bonds. The zero-order chi connectivity index (χ0) is 17.9. The minimum atomic E-state index is -0.895. The maximum Gasteiger partial charge on any atom is 0.223 e. The summed E-state index contributed by atoms with van der Waals surface area (Å²) in [6.45, 7) is 1.82. The number of ether oxygens (including phenoxy) is 1. The first-order valence-electron chi connectivity index (χ1n) is 9.07. The van der Waals surface area contributed by atoms with Crippen LogP contribution in [-0.4, -0.2) is 37.0 Å². The molecule has 138 valence electrons. The van der Waals surface area contributed by atoms with E-state index in [1.165, 1.54) is 12.5 Å². The highest BCUT2D eigenvalue weighted by Crippen LogP contribution is 2.39. The molecule has 2 aliphatic rings. The Morgan fingerprint density at radius 1 is 1.24 bits per heavy atom. The van der Waals surface area contributed by atoms with Crippen LogP contribution in [0.25, 0.3) is 0 Å². The van der Waals surface area contributed by atoms with Gasteiger partial charge in [0, 0.05) is 13.0 Å². The van der Waals surface area contributed by atoms with E-state index in [2.05, 4.69) is 0 Å². The predicted octanol–water partition coefficient (Wildman–Crippen LogP) is 3.16. The lowest BCUT2D eigenvalue weighted by Crippen LogP contribution is -2.45. The van der Waals surface area contributed by atoms with Crippen molar-refractivity contribution in [2.45, 2.75) is 44.6 Å². The Balaban J connectivity index is 1.66. The zero-order valence-corrected chi connectivity index (χ0v) is 14.5. The lowest BCUT2D eigenvalue weighted by molar-refractivity contribution is -0.142. The normalized spacial score (nSPS) is 23.5. The third-order valence-corrected chi connectivity index (χ3v) is 5.61. The Bertz CT molecular complexity index is 617. The highest BCUT2D eigenvalue weighted by atomic mass is 19.2. The van der Waals surface area contributed by atoms with E-state index >= 15 is 0 Å². The van der Waals surface area contributed by atoms with E-state index in [1.807, 2.05) is 0 Å². The molecule has 25 heavy (non-hydrogen) atoms. The van der Waals surface area contributed by atoms with Crippen molar-refractivity contribution in [1.29, 1.82) is 0 Å². The summed E-state index contributed by atoms with van der Waals surface area (Å²) in [7, 11) is 0. The number of hydrogen-bond acceptors (Lipinski definition) is 3. The molecule has 0 aromatic heterocycles. The van der Waals surface area contributed by atoms with Crippen LogP contribution in [0.3, 0.4) is 0 Å². The molecule has 1 unspecified atom stereocenters. The van der Waals surface area contributed by atoms with E-state index in [0.717, 1.165) is 37.8 Å². The SMILES string of the molecule is NCC1(CC(=O)N2CCOC(c3ccc(F)c(F)c3)C2)CCCCC1. The molecule has 1 aliphatic heterocycles. The number of nitrogens with two attached hydrogens (primary N) is 1. The van der Waals surface area contributed by atoms with Crippen LogP contribution < -0.4 is 5.73 Å². The molecule has 1 aromatic carbocycles. The zero-order valence-electron chi connectivity index (χ0n) is 14.5. The molecular weight excluding hydrogens is 326 g/mol. The monoisotopic (exact) mass is 352 g/mol. The molecule has 0 bridgehead atoms. The van der Waals surface area contributed by atoms with E-state index in [1.54, 1.807) is 4.90 Å². The van der Waals surface area contributed by atoms with Gasteiger partial charge in [0.05, 0.1) is 13.2 Å². The summed E-state index contributed by atoms with van der Waals surface area (Å²) in [6.07, 6.45) is 5.53. The Morgan fingerprint density at radius 3 is 2.68 bits per heavy atom. The van der Waals surface area contributed by atoms with Gasteiger partial charge in [-0.1, -0.05) is 25.3 Å². The number of hydrogen-bond donors (Lipinski definition) is 1. The van der Waals surface area contributed by atoms with Crippen LogP contribution in [0.4, 0.5) is 8.78 Å². The van der Waals surface area contributed by atoms with Gasteiger partial charge in [0.25, 0.3) is 0 Å². The second-order valence-electron chi connectivity index (χ2n) is 7.31. The average molecular weight is 352 g/mol. The van der Waals surface area contributed by atoms with Crippen LogP contribution in [0.2, 0.25) is 0 Å². The molecule has 4 nitrogen and oxygen atoms in total. The first kappa shape index (κ1) is 18.3. The number of carbonyl (C=O) groups is 1. The maximum absolute atomic E-state index is 13.5. The number of rotatable bonds is 4. The minimum absolute atomic E-state index is 0.0783. The molecule has 1 heterocycles. The van der Waals surface area contributed by atoms with Gasteiger partial charge in [-0.2, -0.15) is 0 Å². The molecule has 1 aliphatic carbocycles. The standard InChI is InChI=1S/C19H26F2N2O2/c20-15-5-4-14(10-16(15)21)17-12-23(8-9-25-17)18(24)11-19(13-22)6-2-1-3-7-19/h4-5,10,17H,1-3,6-9,11-13,22H2. The summed E-state index contributed by atoms with van der Waals surface area (Å²) in [5.74, 6) is -1.69. The van der Waals surface area contributed by atoms with Crippen LogP contribution in [-0.2, 0) is 9.53 Å². The van der Waals surface area contributed by atoms with Crippen LogP contribution in [0.5, 0.6) is 0 Å². The van der Waals surface area contributed by atoms with Gasteiger partial charge >= 0.3 is 0 Å². The van der Waals surface area contributed by atoms with Gasteiger partial charge in [-0.25, -0.2) is 8.78 Å². The van der Waals surface area contributed by atoms with E-state index in [0.29, 0.717) is 38.2 Å². The summed E-state index contributed by atoms with van der Waals surface area (Å²) in [4.78, 5) is 14.6. The van der Waals surface area contributed by atoms with Crippen LogP contribution in [0.15, 0.2) is 18.2 Å². The van der Waals surface area contributed by atoms with Crippen molar-refractivity contribution in [3.05, 3.63) is 35.4 Å². The molecule has 2 fully saturated rings. The first-order chi connectivity index (χ1) is 12.0. The van der Waals surface area contributed by atoms with Gasteiger partial charge in [-0.15, -0.1) is 0 Å². The molecule has 0 spiro atoms. The largest absolute Gasteiger partial charge is 0.370 e. The topological polar surface area (TPSA) is 55.6 Å². The highest BCUT2D eigenvalue weighted by molar-refractivity contribution is 5.77. The predicted molar refractivity (Wildman–Crippen MR) is 90.8 cm³/mol. The van der Waals surface area contributed by atoms with Crippen molar-refractivity contribution in [2.24, 2.45) is 11.1 Å². The van der Waals surface area contributed by atoms with E-state index in [9.17, 15) is 13.6 Å². The van der Waals surface area contributed by atoms with E-state index in [-0.39, 0.29) is 11.3 Å². The number of amides is 1. The van der Waals surface area contributed by atoms with E-state index in [4.69, 9.17) is 10.5 Å². The van der Waals surface area contributed by atoms with Crippen molar-refractivity contribution < 1.29 is 18.3 Å². The Morgan fingerprint density at radius 2 is 2.00 bits per heavy atom. The Labute approximate surface area is 147 Å². The Hall–Kier alpha value is -1.53. The van der Waals surface area contributed by atoms with Gasteiger partial charge in [0.2, 0.25) is 5.91 Å². The van der Waals surface area contributed by atoms with Gasteiger partial charge in [0.15, 0.2) is 11.6 Å². The third kappa shape index (κ3) is 4.18. The lowest BCUT2D eigenvalue weighted by atomic mass is 9.71. The summed E-state index contributed by atoms with van der Waals surface area (Å²) in [5, 5.41) is 0. The van der Waals surface area contributed by atoms with Crippen molar-refractivity contribution in [1.82, 2.24) is 4.90 Å². The summed E-state index contributed by atoms with van der Waals surface area (Å²) >= 11 is 0. The molecule has 1 atom stereocenters. The number of carbonyl (C=O) groups excluding carboxylic acids is 1. The molecule has 1 aromatic rings. The van der Waals surface area contributed by atoms with Crippen molar-refractivity contribution in [3.8, 4) is 0 Å². The molecule has 1 saturated heterocycles. The fourth-order valence-electron chi connectivity index (χ4n) is 3.98. The number of morpholine rings is 1. The maximum atomic E-state index is 13.5. The number of halogens is 2. The fraction of sp³-hybridized carbons (Fsp3) is 0.632. The fourth-order valence-corrected chi connectivity index (χ4v) is 3.98. The summed E-state index contributed by atoms with van der Waals surface area (Å²) < 4.78 is 32.3. The quantitative estimate of drug-likeness (QED) is 0.906. The smallest absolute Gasteiger partial charge is 0.223 e. The molecular formula is C19H26F2N2O2. The molecule has 0 radical (unpaired) electrons. The van der Waals surface area contributed by atoms with Gasteiger partial charge in [0.1, 0.15) is 6.10 Å². The van der Waals surface area contributed by atoms with E-state index < -0.39 is 17.7 Å². The summed E-state index contributed by atoms with van der Waals surface area (Å²) in [5.41, 5.74) is 6.47. The lowest BCUT2D eigenvalue weighted by Gasteiger charge is -2.39. The first-order valence-corrected chi connectivity index (χ1v) is 9.07. The molecule has 2 N–H and O–H groups in total. The van der Waals surface area contributed by atoms with Crippen molar-refractivity contribution >= 4 is 5.91 Å². The van der Waals surface area contributed by atoms with Crippen molar-refractivity contribution in [2.75, 3.05) is 26.2 Å².